The van der Waals surface area contributed by atoms with Crippen LogP contribution in [-0.2, 0) is 6.42 Å². The molecule has 0 aliphatic heterocycles. The Hall–Kier alpha value is -2.80. The van der Waals surface area contributed by atoms with E-state index in [-0.39, 0.29) is 5.75 Å². The molecule has 2 aromatic carbocycles. The maximum absolute atomic E-state index is 10.6. The number of phenols is 1. The number of aromatic amines is 1. The first-order valence-electron chi connectivity index (χ1n) is 9.70. The standard InChI is InChI=1S/C22H28N4O2S/c1-7-15-11-17(19(27)10-14(15)4)21-23-24-22(29)26(21)16-8-9-20(28-6)18(12-16)25(5)13(2)3/h8-13,27H,7H2,1-6H3,(H,24,29). The SMILES string of the molecule is CCc1cc(-c2n[nH]c(=S)n2-c2ccc(OC)c(N(C)C(C)C)c2)c(O)cc1C. The van der Waals surface area contributed by atoms with Crippen LogP contribution in [-0.4, -0.2) is 40.1 Å². The second-order valence-corrected chi connectivity index (χ2v) is 7.78. The van der Waals surface area contributed by atoms with E-state index in [0.717, 1.165) is 34.7 Å². The van der Waals surface area contributed by atoms with E-state index in [2.05, 4.69) is 35.9 Å². The molecule has 0 atom stereocenters. The molecule has 0 aliphatic carbocycles. The quantitative estimate of drug-likeness (QED) is 0.556. The minimum Gasteiger partial charge on any atom is -0.507 e. The van der Waals surface area contributed by atoms with Crippen molar-refractivity contribution in [1.82, 2.24) is 14.8 Å². The van der Waals surface area contributed by atoms with Crippen LogP contribution in [0, 0.1) is 11.7 Å². The molecule has 0 saturated carbocycles. The summed E-state index contributed by atoms with van der Waals surface area (Å²) in [6.45, 7) is 8.34. The van der Waals surface area contributed by atoms with Crippen LogP contribution in [0.1, 0.15) is 31.9 Å². The van der Waals surface area contributed by atoms with Crippen molar-refractivity contribution in [3.63, 3.8) is 0 Å². The molecule has 0 bridgehead atoms. The van der Waals surface area contributed by atoms with Crippen LogP contribution < -0.4 is 9.64 Å². The summed E-state index contributed by atoms with van der Waals surface area (Å²) in [6.07, 6.45) is 0.871. The van der Waals surface area contributed by atoms with Gasteiger partial charge in [0, 0.05) is 13.1 Å². The smallest absolute Gasteiger partial charge is 0.200 e. The first-order chi connectivity index (χ1) is 13.8. The number of hydrogen-bond donors (Lipinski definition) is 2. The average molecular weight is 413 g/mol. The molecular weight excluding hydrogens is 384 g/mol. The van der Waals surface area contributed by atoms with Crippen LogP contribution in [0.3, 0.4) is 0 Å². The van der Waals surface area contributed by atoms with Crippen molar-refractivity contribution in [2.75, 3.05) is 19.1 Å². The van der Waals surface area contributed by atoms with Gasteiger partial charge in [0.2, 0.25) is 0 Å². The van der Waals surface area contributed by atoms with Gasteiger partial charge in [0.15, 0.2) is 10.6 Å². The number of anilines is 1. The summed E-state index contributed by atoms with van der Waals surface area (Å²) < 4.78 is 7.86. The van der Waals surface area contributed by atoms with Gasteiger partial charge in [0.25, 0.3) is 0 Å². The molecule has 0 amide bonds. The van der Waals surface area contributed by atoms with Crippen molar-refractivity contribution in [2.45, 2.75) is 40.2 Å². The number of rotatable bonds is 6. The van der Waals surface area contributed by atoms with Gasteiger partial charge < -0.3 is 14.7 Å². The van der Waals surface area contributed by atoms with Gasteiger partial charge in [-0.1, -0.05) is 6.92 Å². The predicted octanol–water partition coefficient (Wildman–Crippen LogP) is 5.03. The summed E-state index contributed by atoms with van der Waals surface area (Å²) in [5, 5.41) is 17.9. The Bertz CT molecular complexity index is 1080. The van der Waals surface area contributed by atoms with Gasteiger partial charge in [-0.15, -0.1) is 0 Å². The van der Waals surface area contributed by atoms with E-state index < -0.39 is 0 Å². The maximum Gasteiger partial charge on any atom is 0.200 e. The number of aromatic nitrogens is 3. The minimum atomic E-state index is 0.183. The Labute approximate surface area is 176 Å². The fraction of sp³-hybridized carbons (Fsp3) is 0.364. The summed E-state index contributed by atoms with van der Waals surface area (Å²) in [5.74, 6) is 1.54. The fourth-order valence-corrected chi connectivity index (χ4v) is 3.62. The van der Waals surface area contributed by atoms with Gasteiger partial charge >= 0.3 is 0 Å². The van der Waals surface area contributed by atoms with E-state index in [9.17, 15) is 5.11 Å². The molecule has 0 saturated heterocycles. The van der Waals surface area contributed by atoms with E-state index in [1.807, 2.05) is 42.8 Å². The number of aromatic hydroxyl groups is 1. The highest BCUT2D eigenvalue weighted by atomic mass is 32.1. The zero-order chi connectivity index (χ0) is 21.3. The lowest BCUT2D eigenvalue weighted by Crippen LogP contribution is -2.26. The van der Waals surface area contributed by atoms with Crippen molar-refractivity contribution >= 4 is 17.9 Å². The Kier molecular flexibility index (Phi) is 5.98. The highest BCUT2D eigenvalue weighted by Crippen LogP contribution is 2.35. The number of phenolic OH excluding ortho intramolecular Hbond substituents is 1. The number of methoxy groups -OCH3 is 1. The monoisotopic (exact) mass is 412 g/mol. The third-order valence-electron chi connectivity index (χ3n) is 5.32. The van der Waals surface area contributed by atoms with Gasteiger partial charge in [-0.05, 0) is 80.9 Å². The first kappa shape index (κ1) is 20.9. The summed E-state index contributed by atoms with van der Waals surface area (Å²) >= 11 is 5.53. The lowest BCUT2D eigenvalue weighted by atomic mass is 10.0. The molecular formula is C22H28N4O2S. The number of nitrogens with one attached hydrogen (secondary N) is 1. The number of H-pyrrole nitrogens is 1. The molecule has 1 aromatic heterocycles. The number of nitrogens with zero attached hydrogens (tertiary/aromatic N) is 3. The van der Waals surface area contributed by atoms with Crippen molar-refractivity contribution in [3.8, 4) is 28.6 Å². The largest absolute Gasteiger partial charge is 0.507 e. The third kappa shape index (κ3) is 3.87. The lowest BCUT2D eigenvalue weighted by molar-refractivity contribution is 0.414. The molecule has 0 radical (unpaired) electrons. The average Bonchev–Trinajstić information content (AvgIpc) is 3.08. The third-order valence-corrected chi connectivity index (χ3v) is 5.60. The van der Waals surface area contributed by atoms with Crippen LogP contribution >= 0.6 is 12.2 Å². The molecule has 3 rings (SSSR count). The van der Waals surface area contributed by atoms with Crippen molar-refractivity contribution in [3.05, 3.63) is 46.2 Å². The molecule has 0 fully saturated rings. The highest BCUT2D eigenvalue weighted by molar-refractivity contribution is 7.71. The minimum absolute atomic E-state index is 0.183. The van der Waals surface area contributed by atoms with Crippen LogP contribution in [0.2, 0.25) is 0 Å². The van der Waals surface area contributed by atoms with E-state index in [0.29, 0.717) is 22.2 Å². The molecule has 0 unspecified atom stereocenters. The molecule has 3 aromatic rings. The molecule has 6 nitrogen and oxygen atoms in total. The number of benzene rings is 2. The van der Waals surface area contributed by atoms with Gasteiger partial charge in [0.05, 0.1) is 24.0 Å². The van der Waals surface area contributed by atoms with E-state index >= 15 is 0 Å². The topological polar surface area (TPSA) is 66.3 Å². The van der Waals surface area contributed by atoms with Crippen LogP contribution in [0.15, 0.2) is 30.3 Å². The molecule has 0 aliphatic rings. The van der Waals surface area contributed by atoms with E-state index in [1.54, 1.807) is 13.2 Å². The van der Waals surface area contributed by atoms with Crippen LogP contribution in [0.5, 0.6) is 11.5 Å². The van der Waals surface area contributed by atoms with Gasteiger partial charge in [-0.3, -0.25) is 9.67 Å². The van der Waals surface area contributed by atoms with Crippen LogP contribution in [0.4, 0.5) is 5.69 Å². The second-order valence-electron chi connectivity index (χ2n) is 7.40. The Morgan fingerprint density at radius 1 is 1.28 bits per heavy atom. The van der Waals surface area contributed by atoms with Crippen molar-refractivity contribution in [1.29, 1.82) is 0 Å². The Balaban J connectivity index is 2.22. The van der Waals surface area contributed by atoms with Crippen molar-refractivity contribution in [2.24, 2.45) is 0 Å². The van der Waals surface area contributed by atoms with E-state index in [1.165, 1.54) is 0 Å². The summed E-state index contributed by atoms with van der Waals surface area (Å²) in [4.78, 5) is 2.14. The summed E-state index contributed by atoms with van der Waals surface area (Å²) in [7, 11) is 3.69. The Morgan fingerprint density at radius 3 is 2.62 bits per heavy atom. The first-order valence-corrected chi connectivity index (χ1v) is 10.1. The molecule has 2 N–H and O–H groups in total. The molecule has 0 spiro atoms. The zero-order valence-corrected chi connectivity index (χ0v) is 18.6. The Morgan fingerprint density at radius 2 is 2.00 bits per heavy atom. The van der Waals surface area contributed by atoms with Crippen molar-refractivity contribution < 1.29 is 9.84 Å². The van der Waals surface area contributed by atoms with Gasteiger partial charge in [-0.25, -0.2) is 0 Å². The number of aryl methyl sites for hydroxylation is 2. The molecule has 29 heavy (non-hydrogen) atoms. The normalized spacial score (nSPS) is 11.1. The number of ether oxygens (including phenoxy) is 1. The molecule has 1 heterocycles. The van der Waals surface area contributed by atoms with Crippen LogP contribution in [0.25, 0.3) is 17.1 Å². The predicted molar refractivity (Wildman–Crippen MR) is 120 cm³/mol. The van der Waals surface area contributed by atoms with Gasteiger partial charge in [-0.2, -0.15) is 5.10 Å². The van der Waals surface area contributed by atoms with E-state index in [4.69, 9.17) is 17.0 Å². The summed E-state index contributed by atoms with van der Waals surface area (Å²) in [5.41, 5.74) is 4.67. The lowest BCUT2D eigenvalue weighted by Gasteiger charge is -2.26. The van der Waals surface area contributed by atoms with Gasteiger partial charge in [0.1, 0.15) is 11.5 Å². The second kappa shape index (κ2) is 8.29. The fourth-order valence-electron chi connectivity index (χ4n) is 3.39. The zero-order valence-electron chi connectivity index (χ0n) is 17.8. The summed E-state index contributed by atoms with van der Waals surface area (Å²) in [6, 6.07) is 9.95. The number of hydrogen-bond acceptors (Lipinski definition) is 5. The highest BCUT2D eigenvalue weighted by Gasteiger charge is 2.18. The molecule has 154 valence electrons. The molecule has 7 heteroatoms. The maximum atomic E-state index is 10.6.